The number of para-hydroxylation sites is 2. The zero-order valence-electron chi connectivity index (χ0n) is 15.2. The summed E-state index contributed by atoms with van der Waals surface area (Å²) in [6, 6.07) is 12.6. The van der Waals surface area contributed by atoms with Crippen molar-refractivity contribution in [2.24, 2.45) is 5.92 Å². The van der Waals surface area contributed by atoms with Gasteiger partial charge in [-0.15, -0.1) is 0 Å². The fourth-order valence-corrected chi connectivity index (χ4v) is 2.38. The standard InChI is InChI=1S/C20H25NO4/c1-14(2)12-25-13-16-11-15(9-10-18(16)23-3)20(22)21-17-7-5-6-8-19(17)24-4/h5-11,14H,12-13H2,1-4H3,(H,21,22). The number of methoxy groups -OCH3 is 2. The smallest absolute Gasteiger partial charge is 0.255 e. The number of carbonyl (C=O) groups excluding carboxylic acids is 1. The average Bonchev–Trinajstić information content (AvgIpc) is 2.61. The van der Waals surface area contributed by atoms with E-state index < -0.39 is 0 Å². The van der Waals surface area contributed by atoms with Crippen LogP contribution in [0, 0.1) is 5.92 Å². The Kier molecular flexibility index (Phi) is 6.83. The van der Waals surface area contributed by atoms with E-state index >= 15 is 0 Å². The highest BCUT2D eigenvalue weighted by Crippen LogP contribution is 2.25. The molecule has 0 aliphatic rings. The second-order valence-electron chi connectivity index (χ2n) is 6.09. The number of rotatable bonds is 8. The van der Waals surface area contributed by atoms with E-state index in [4.69, 9.17) is 14.2 Å². The molecule has 134 valence electrons. The quantitative estimate of drug-likeness (QED) is 0.783. The van der Waals surface area contributed by atoms with Gasteiger partial charge in [0.1, 0.15) is 11.5 Å². The minimum atomic E-state index is -0.211. The number of hydrogen-bond acceptors (Lipinski definition) is 4. The lowest BCUT2D eigenvalue weighted by atomic mass is 10.1. The molecule has 0 spiro atoms. The molecule has 0 aliphatic carbocycles. The van der Waals surface area contributed by atoms with E-state index in [0.717, 1.165) is 5.56 Å². The first kappa shape index (κ1) is 18.8. The van der Waals surface area contributed by atoms with Crippen LogP contribution < -0.4 is 14.8 Å². The molecule has 2 rings (SSSR count). The summed E-state index contributed by atoms with van der Waals surface area (Å²) >= 11 is 0. The van der Waals surface area contributed by atoms with E-state index in [-0.39, 0.29) is 5.91 Å². The maximum absolute atomic E-state index is 12.6. The molecule has 5 heteroatoms. The van der Waals surface area contributed by atoms with Crippen molar-refractivity contribution in [2.45, 2.75) is 20.5 Å². The lowest BCUT2D eigenvalue weighted by Crippen LogP contribution is -2.13. The highest BCUT2D eigenvalue weighted by Gasteiger charge is 2.13. The number of nitrogens with one attached hydrogen (secondary N) is 1. The normalized spacial score (nSPS) is 10.6. The lowest BCUT2D eigenvalue weighted by molar-refractivity contribution is 0.0952. The van der Waals surface area contributed by atoms with Crippen LogP contribution in [0.3, 0.4) is 0 Å². The Morgan fingerprint density at radius 1 is 1.04 bits per heavy atom. The van der Waals surface area contributed by atoms with Crippen molar-refractivity contribution in [3.8, 4) is 11.5 Å². The molecule has 0 aromatic heterocycles. The zero-order valence-corrected chi connectivity index (χ0v) is 15.2. The number of ether oxygens (including phenoxy) is 3. The van der Waals surface area contributed by atoms with Crippen molar-refractivity contribution in [1.82, 2.24) is 0 Å². The lowest BCUT2D eigenvalue weighted by Gasteiger charge is -2.13. The van der Waals surface area contributed by atoms with Gasteiger partial charge in [-0.2, -0.15) is 0 Å². The molecule has 0 atom stereocenters. The van der Waals surface area contributed by atoms with Gasteiger partial charge in [-0.3, -0.25) is 4.79 Å². The van der Waals surface area contributed by atoms with Gasteiger partial charge in [0.25, 0.3) is 5.91 Å². The van der Waals surface area contributed by atoms with Crippen molar-refractivity contribution in [3.63, 3.8) is 0 Å². The third-order valence-electron chi connectivity index (χ3n) is 3.61. The number of anilines is 1. The number of hydrogen-bond donors (Lipinski definition) is 1. The zero-order chi connectivity index (χ0) is 18.2. The molecule has 0 radical (unpaired) electrons. The van der Waals surface area contributed by atoms with Crippen LogP contribution in [0.2, 0.25) is 0 Å². The molecule has 0 saturated heterocycles. The van der Waals surface area contributed by atoms with Gasteiger partial charge in [0, 0.05) is 17.7 Å². The monoisotopic (exact) mass is 343 g/mol. The summed E-state index contributed by atoms with van der Waals surface area (Å²) in [6.07, 6.45) is 0. The molecule has 2 aromatic rings. The topological polar surface area (TPSA) is 56.8 Å². The summed E-state index contributed by atoms with van der Waals surface area (Å²) in [4.78, 5) is 12.6. The van der Waals surface area contributed by atoms with Crippen LogP contribution in [0.5, 0.6) is 11.5 Å². The second kappa shape index (κ2) is 9.08. The highest BCUT2D eigenvalue weighted by atomic mass is 16.5. The maximum Gasteiger partial charge on any atom is 0.255 e. The molecule has 5 nitrogen and oxygen atoms in total. The molecule has 1 N–H and O–H groups in total. The molecule has 0 aliphatic heterocycles. The van der Waals surface area contributed by atoms with Crippen LogP contribution in [0.15, 0.2) is 42.5 Å². The fraction of sp³-hybridized carbons (Fsp3) is 0.350. The van der Waals surface area contributed by atoms with Gasteiger partial charge >= 0.3 is 0 Å². The van der Waals surface area contributed by atoms with E-state index in [1.807, 2.05) is 12.1 Å². The van der Waals surface area contributed by atoms with Gasteiger partial charge in [0.05, 0.1) is 26.5 Å². The largest absolute Gasteiger partial charge is 0.496 e. The molecular weight excluding hydrogens is 318 g/mol. The van der Waals surface area contributed by atoms with E-state index in [1.165, 1.54) is 0 Å². The number of amides is 1. The fourth-order valence-electron chi connectivity index (χ4n) is 2.38. The molecule has 0 bridgehead atoms. The van der Waals surface area contributed by atoms with Crippen LogP contribution in [0.25, 0.3) is 0 Å². The van der Waals surface area contributed by atoms with Crippen molar-refractivity contribution in [1.29, 1.82) is 0 Å². The molecule has 0 heterocycles. The van der Waals surface area contributed by atoms with Crippen molar-refractivity contribution in [2.75, 3.05) is 26.1 Å². The summed E-state index contributed by atoms with van der Waals surface area (Å²) in [5, 5.41) is 2.87. The predicted molar refractivity (Wildman–Crippen MR) is 98.4 cm³/mol. The van der Waals surface area contributed by atoms with E-state index in [2.05, 4.69) is 19.2 Å². The molecule has 2 aromatic carbocycles. The van der Waals surface area contributed by atoms with Gasteiger partial charge in [-0.1, -0.05) is 26.0 Å². The highest BCUT2D eigenvalue weighted by molar-refractivity contribution is 6.05. The Bertz CT molecular complexity index is 713. The first-order chi connectivity index (χ1) is 12.0. The average molecular weight is 343 g/mol. The van der Waals surface area contributed by atoms with Gasteiger partial charge in [0.15, 0.2) is 0 Å². The molecule has 25 heavy (non-hydrogen) atoms. The molecule has 1 amide bonds. The third-order valence-corrected chi connectivity index (χ3v) is 3.61. The summed E-state index contributed by atoms with van der Waals surface area (Å²) in [5.41, 5.74) is 2.01. The Morgan fingerprint density at radius 3 is 2.44 bits per heavy atom. The number of carbonyl (C=O) groups is 1. The van der Waals surface area contributed by atoms with E-state index in [0.29, 0.717) is 41.9 Å². The van der Waals surface area contributed by atoms with Crippen LogP contribution in [0.1, 0.15) is 29.8 Å². The van der Waals surface area contributed by atoms with Gasteiger partial charge in [-0.05, 0) is 36.2 Å². The molecule has 0 saturated carbocycles. The first-order valence-corrected chi connectivity index (χ1v) is 8.24. The maximum atomic E-state index is 12.6. The molecular formula is C20H25NO4. The Labute approximate surface area is 148 Å². The van der Waals surface area contributed by atoms with Crippen LogP contribution in [-0.4, -0.2) is 26.7 Å². The summed E-state index contributed by atoms with van der Waals surface area (Å²) in [5.74, 6) is 1.56. The van der Waals surface area contributed by atoms with Gasteiger partial charge in [-0.25, -0.2) is 0 Å². The number of benzene rings is 2. The summed E-state index contributed by atoms with van der Waals surface area (Å²) in [6.45, 7) is 5.24. The van der Waals surface area contributed by atoms with Crippen molar-refractivity contribution >= 4 is 11.6 Å². The summed E-state index contributed by atoms with van der Waals surface area (Å²) < 4.78 is 16.3. The van der Waals surface area contributed by atoms with E-state index in [1.54, 1.807) is 44.6 Å². The predicted octanol–water partition coefficient (Wildman–Crippen LogP) is 4.13. The van der Waals surface area contributed by atoms with Crippen LogP contribution >= 0.6 is 0 Å². The molecule has 0 fully saturated rings. The first-order valence-electron chi connectivity index (χ1n) is 8.24. The minimum Gasteiger partial charge on any atom is -0.496 e. The van der Waals surface area contributed by atoms with Crippen molar-refractivity contribution < 1.29 is 19.0 Å². The molecule has 0 unspecified atom stereocenters. The van der Waals surface area contributed by atoms with Gasteiger partial charge < -0.3 is 19.5 Å². The Morgan fingerprint density at radius 2 is 1.76 bits per heavy atom. The van der Waals surface area contributed by atoms with E-state index in [9.17, 15) is 4.79 Å². The Balaban J connectivity index is 2.16. The Hall–Kier alpha value is -2.53. The summed E-state index contributed by atoms with van der Waals surface area (Å²) in [7, 11) is 3.18. The van der Waals surface area contributed by atoms with Crippen molar-refractivity contribution in [3.05, 3.63) is 53.6 Å². The third kappa shape index (κ3) is 5.22. The SMILES string of the molecule is COc1ccc(C(=O)Nc2ccccc2OC)cc1COCC(C)C. The van der Waals surface area contributed by atoms with Crippen LogP contribution in [-0.2, 0) is 11.3 Å². The van der Waals surface area contributed by atoms with Gasteiger partial charge in [0.2, 0.25) is 0 Å². The second-order valence-corrected chi connectivity index (χ2v) is 6.09. The minimum absolute atomic E-state index is 0.211. The van der Waals surface area contributed by atoms with Crippen LogP contribution in [0.4, 0.5) is 5.69 Å².